The van der Waals surface area contributed by atoms with Crippen molar-refractivity contribution in [3.05, 3.63) is 11.1 Å². The van der Waals surface area contributed by atoms with Gasteiger partial charge in [0.05, 0.1) is 6.10 Å². The molecule has 106 valence electrons. The fraction of sp³-hybridized carbons (Fsp3) is 0.800. The van der Waals surface area contributed by atoms with Gasteiger partial charge in [0.1, 0.15) is 0 Å². The smallest absolute Gasteiger partial charge is 0.336 e. The summed E-state index contributed by atoms with van der Waals surface area (Å²) in [5, 5.41) is 20.3. The molecule has 19 heavy (non-hydrogen) atoms. The molecule has 4 atom stereocenters. The normalized spacial score (nSPS) is 44.7. The van der Waals surface area contributed by atoms with Gasteiger partial charge < -0.3 is 14.9 Å². The number of hydrogen-bond donors (Lipinski definition) is 2. The molecule has 4 heteroatoms. The molecule has 3 rings (SSSR count). The molecule has 0 saturated heterocycles. The zero-order valence-corrected chi connectivity index (χ0v) is 11.8. The van der Waals surface area contributed by atoms with E-state index in [4.69, 9.17) is 4.74 Å². The van der Waals surface area contributed by atoms with Crippen LogP contribution in [0.25, 0.3) is 0 Å². The monoisotopic (exact) mass is 266 g/mol. The number of hydrogen-bond acceptors (Lipinski definition) is 4. The van der Waals surface area contributed by atoms with Gasteiger partial charge in [-0.2, -0.15) is 0 Å². The first-order valence-electron chi connectivity index (χ1n) is 7.09. The minimum atomic E-state index is -1.08. The highest BCUT2D eigenvalue weighted by molar-refractivity contribution is 5.92. The van der Waals surface area contributed by atoms with E-state index in [1.54, 1.807) is 0 Å². The van der Waals surface area contributed by atoms with Crippen molar-refractivity contribution in [3.8, 4) is 0 Å². The van der Waals surface area contributed by atoms with Crippen LogP contribution in [0.5, 0.6) is 0 Å². The molecule has 1 heterocycles. The summed E-state index contributed by atoms with van der Waals surface area (Å²) in [7, 11) is 0. The minimum absolute atomic E-state index is 0.198. The topological polar surface area (TPSA) is 66.8 Å². The van der Waals surface area contributed by atoms with Gasteiger partial charge in [-0.1, -0.05) is 20.8 Å². The number of aliphatic hydroxyl groups is 2. The lowest BCUT2D eigenvalue weighted by Crippen LogP contribution is -2.52. The maximum absolute atomic E-state index is 11.8. The predicted octanol–water partition coefficient (Wildman–Crippen LogP) is 1.76. The number of fused-ring (bicyclic) bond motifs is 2. The van der Waals surface area contributed by atoms with Gasteiger partial charge in [0.2, 0.25) is 6.29 Å². The van der Waals surface area contributed by atoms with Gasteiger partial charge >= 0.3 is 5.97 Å². The molecule has 1 unspecified atom stereocenters. The van der Waals surface area contributed by atoms with Crippen LogP contribution in [0.1, 0.15) is 46.5 Å². The molecule has 4 nitrogen and oxygen atoms in total. The zero-order chi connectivity index (χ0) is 14.0. The Morgan fingerprint density at radius 3 is 2.58 bits per heavy atom. The molecule has 1 saturated carbocycles. The van der Waals surface area contributed by atoms with Gasteiger partial charge in [0.25, 0.3) is 0 Å². The zero-order valence-electron chi connectivity index (χ0n) is 11.8. The van der Waals surface area contributed by atoms with Crippen LogP contribution in [0.2, 0.25) is 0 Å². The summed E-state index contributed by atoms with van der Waals surface area (Å²) >= 11 is 0. The molecule has 2 N–H and O–H groups in total. The Morgan fingerprint density at radius 1 is 1.21 bits per heavy atom. The second kappa shape index (κ2) is 3.83. The first-order chi connectivity index (χ1) is 8.78. The van der Waals surface area contributed by atoms with Crippen LogP contribution in [0.4, 0.5) is 0 Å². The third kappa shape index (κ3) is 1.56. The van der Waals surface area contributed by atoms with Crippen molar-refractivity contribution in [1.82, 2.24) is 0 Å². The quantitative estimate of drug-likeness (QED) is 0.656. The van der Waals surface area contributed by atoms with Gasteiger partial charge in [-0.25, -0.2) is 4.79 Å². The fourth-order valence-electron chi connectivity index (χ4n) is 4.69. The Balaban J connectivity index is 2.09. The molecule has 0 aromatic heterocycles. The molecular weight excluding hydrogens is 244 g/mol. The van der Waals surface area contributed by atoms with E-state index in [1.165, 1.54) is 0 Å². The highest BCUT2D eigenvalue weighted by Crippen LogP contribution is 2.61. The lowest BCUT2D eigenvalue weighted by molar-refractivity contribution is -0.154. The van der Waals surface area contributed by atoms with Crippen molar-refractivity contribution in [1.29, 1.82) is 0 Å². The molecule has 0 aromatic rings. The number of cyclic esters (lactones) is 1. The third-order valence-corrected chi connectivity index (χ3v) is 5.80. The van der Waals surface area contributed by atoms with Crippen molar-refractivity contribution in [3.63, 3.8) is 0 Å². The largest absolute Gasteiger partial charge is 0.428 e. The van der Waals surface area contributed by atoms with Crippen LogP contribution in [0, 0.1) is 16.7 Å². The van der Waals surface area contributed by atoms with Crippen LogP contribution in [0.3, 0.4) is 0 Å². The minimum Gasteiger partial charge on any atom is -0.428 e. The lowest BCUT2D eigenvalue weighted by Gasteiger charge is -2.55. The second-order valence-corrected chi connectivity index (χ2v) is 7.03. The molecule has 2 aliphatic carbocycles. The number of carbonyl (C=O) groups is 1. The average Bonchev–Trinajstić information content (AvgIpc) is 2.61. The summed E-state index contributed by atoms with van der Waals surface area (Å²) in [5.41, 5.74) is 1.03. The number of aliphatic hydroxyl groups excluding tert-OH is 2. The Bertz CT molecular complexity index is 465. The van der Waals surface area contributed by atoms with E-state index in [9.17, 15) is 15.0 Å². The summed E-state index contributed by atoms with van der Waals surface area (Å²) in [5.74, 6) is -0.0854. The van der Waals surface area contributed by atoms with Crippen LogP contribution in [-0.4, -0.2) is 28.6 Å². The average molecular weight is 266 g/mol. The first kappa shape index (κ1) is 13.1. The van der Waals surface area contributed by atoms with Crippen molar-refractivity contribution in [2.45, 2.75) is 58.8 Å². The van der Waals surface area contributed by atoms with E-state index in [2.05, 4.69) is 20.8 Å². The Morgan fingerprint density at radius 2 is 1.89 bits per heavy atom. The highest BCUT2D eigenvalue weighted by Gasteiger charge is 2.58. The lowest BCUT2D eigenvalue weighted by atomic mass is 9.49. The molecule has 0 spiro atoms. The number of esters is 1. The maximum atomic E-state index is 11.8. The predicted molar refractivity (Wildman–Crippen MR) is 69.0 cm³/mol. The second-order valence-electron chi connectivity index (χ2n) is 7.03. The van der Waals surface area contributed by atoms with E-state index >= 15 is 0 Å². The van der Waals surface area contributed by atoms with Crippen molar-refractivity contribution < 1.29 is 19.7 Å². The van der Waals surface area contributed by atoms with E-state index in [-0.39, 0.29) is 28.8 Å². The molecule has 0 bridgehead atoms. The standard InChI is InChI=1S/C15H22O4/c1-14(2)9-5-4-8-11(13(18)19-12(8)17)15(9,3)7-6-10(14)16/h9-10,13,16,18H,4-7H2,1-3H3/t9-,10-,13+,15?/m0/s1. The van der Waals surface area contributed by atoms with Crippen LogP contribution >= 0.6 is 0 Å². The highest BCUT2D eigenvalue weighted by atomic mass is 16.6. The van der Waals surface area contributed by atoms with E-state index < -0.39 is 6.29 Å². The molecule has 1 fully saturated rings. The van der Waals surface area contributed by atoms with Crippen LogP contribution in [0.15, 0.2) is 11.1 Å². The summed E-state index contributed by atoms with van der Waals surface area (Å²) in [6, 6.07) is 0. The van der Waals surface area contributed by atoms with Crippen LogP contribution < -0.4 is 0 Å². The summed E-state index contributed by atoms with van der Waals surface area (Å²) in [4.78, 5) is 11.8. The first-order valence-corrected chi connectivity index (χ1v) is 7.09. The molecule has 1 aliphatic heterocycles. The van der Waals surface area contributed by atoms with Gasteiger partial charge in [0.15, 0.2) is 0 Å². The van der Waals surface area contributed by atoms with Gasteiger partial charge in [-0.15, -0.1) is 0 Å². The number of ether oxygens (including phenoxy) is 1. The number of carbonyl (C=O) groups excluding carboxylic acids is 1. The van der Waals surface area contributed by atoms with E-state index in [0.29, 0.717) is 18.4 Å². The Kier molecular flexibility index (Phi) is 2.64. The Hall–Kier alpha value is -0.870. The van der Waals surface area contributed by atoms with Gasteiger partial charge in [0, 0.05) is 11.1 Å². The summed E-state index contributed by atoms with van der Waals surface area (Å²) in [6.45, 7) is 6.30. The van der Waals surface area contributed by atoms with Gasteiger partial charge in [-0.3, -0.25) is 0 Å². The van der Waals surface area contributed by atoms with E-state index in [1.807, 2.05) is 0 Å². The van der Waals surface area contributed by atoms with Gasteiger partial charge in [-0.05, 0) is 42.4 Å². The molecule has 0 aromatic carbocycles. The summed E-state index contributed by atoms with van der Waals surface area (Å²) in [6.07, 6.45) is 1.64. The van der Waals surface area contributed by atoms with Crippen molar-refractivity contribution in [2.24, 2.45) is 16.7 Å². The van der Waals surface area contributed by atoms with Crippen LogP contribution in [-0.2, 0) is 9.53 Å². The molecular formula is C15H22O4. The van der Waals surface area contributed by atoms with Crippen molar-refractivity contribution in [2.75, 3.05) is 0 Å². The van der Waals surface area contributed by atoms with Crippen molar-refractivity contribution >= 4 is 5.97 Å². The van der Waals surface area contributed by atoms with E-state index in [0.717, 1.165) is 18.4 Å². The fourth-order valence-corrected chi connectivity index (χ4v) is 4.69. The number of rotatable bonds is 0. The summed E-state index contributed by atoms with van der Waals surface area (Å²) < 4.78 is 5.00. The Labute approximate surface area is 113 Å². The third-order valence-electron chi connectivity index (χ3n) is 5.80. The molecule has 0 radical (unpaired) electrons. The maximum Gasteiger partial charge on any atom is 0.336 e. The molecule has 0 amide bonds. The molecule has 3 aliphatic rings. The SMILES string of the molecule is CC12CC[C@H](O)C(C)(C)[C@@H]1CCC1=C2[C@H](O)OC1=O.